The lowest BCUT2D eigenvalue weighted by molar-refractivity contribution is -0.133. The van der Waals surface area contributed by atoms with Crippen molar-refractivity contribution in [1.82, 2.24) is 0 Å². The van der Waals surface area contributed by atoms with Gasteiger partial charge in [0.05, 0.1) is 0 Å². The summed E-state index contributed by atoms with van der Waals surface area (Å²) in [6, 6.07) is 0. The molecule has 0 aliphatic heterocycles. The van der Waals surface area contributed by atoms with E-state index in [1.165, 1.54) is 13.3 Å². The molecule has 4 heteroatoms. The topological polar surface area (TPSA) is 74.6 Å². The van der Waals surface area contributed by atoms with E-state index in [1.54, 1.807) is 0 Å². The van der Waals surface area contributed by atoms with Gasteiger partial charge in [0.25, 0.3) is 0 Å². The molecule has 0 aliphatic carbocycles. The third kappa shape index (κ3) is 47.3. The molecule has 0 aromatic rings. The Kier molecular flexibility index (Phi) is 18.2. The third-order valence-corrected chi connectivity index (χ3v) is 0.540. The fraction of sp³-hybridized carbons (Fsp3) is 0.400. The van der Waals surface area contributed by atoms with E-state index in [4.69, 9.17) is 10.2 Å². The molecule has 0 atom stereocenters. The summed E-state index contributed by atoms with van der Waals surface area (Å²) < 4.78 is 0. The monoisotopic (exact) mass is 202 g/mol. The van der Waals surface area contributed by atoms with Crippen molar-refractivity contribution in [1.29, 1.82) is 0 Å². The van der Waals surface area contributed by atoms with Gasteiger partial charge >= 0.3 is 11.9 Å². The molecule has 0 bridgehead atoms. The zero-order chi connectivity index (χ0) is 12.1. The molecule has 0 fully saturated rings. The Labute approximate surface area is 84.6 Å². The zero-order valence-corrected chi connectivity index (χ0v) is 8.91. The molecule has 14 heavy (non-hydrogen) atoms. The quantitative estimate of drug-likeness (QED) is 0.674. The van der Waals surface area contributed by atoms with E-state index in [-0.39, 0.29) is 5.57 Å². The van der Waals surface area contributed by atoms with Crippen molar-refractivity contribution in [2.24, 2.45) is 0 Å². The Bertz CT molecular complexity index is 182. The highest BCUT2D eigenvalue weighted by atomic mass is 16.4. The van der Waals surface area contributed by atoms with Crippen molar-refractivity contribution in [3.05, 3.63) is 24.8 Å². The lowest BCUT2D eigenvalue weighted by Gasteiger charge is -1.79. The van der Waals surface area contributed by atoms with Gasteiger partial charge < -0.3 is 10.2 Å². The van der Waals surface area contributed by atoms with E-state index in [0.29, 0.717) is 0 Å². The van der Waals surface area contributed by atoms with Gasteiger partial charge in [-0.2, -0.15) is 0 Å². The van der Waals surface area contributed by atoms with Crippen LogP contribution in [0.4, 0.5) is 0 Å². The minimum Gasteiger partial charge on any atom is -0.478 e. The summed E-state index contributed by atoms with van der Waals surface area (Å²) in [4.78, 5) is 18.8. The van der Waals surface area contributed by atoms with Crippen molar-refractivity contribution in [2.75, 3.05) is 0 Å². The van der Waals surface area contributed by atoms with E-state index < -0.39 is 11.9 Å². The van der Waals surface area contributed by atoms with Crippen LogP contribution < -0.4 is 0 Å². The second kappa shape index (κ2) is 14.0. The molecule has 0 rings (SSSR count). The lowest BCUT2D eigenvalue weighted by Crippen LogP contribution is -1.92. The van der Waals surface area contributed by atoms with Gasteiger partial charge in [-0.25, -0.2) is 9.59 Å². The molecule has 0 amide bonds. The highest BCUT2D eigenvalue weighted by molar-refractivity contribution is 5.84. The number of hydrogen-bond acceptors (Lipinski definition) is 2. The van der Waals surface area contributed by atoms with Crippen molar-refractivity contribution >= 4 is 11.9 Å². The maximum Gasteiger partial charge on any atom is 0.330 e. The Morgan fingerprint density at radius 2 is 1.43 bits per heavy atom. The van der Waals surface area contributed by atoms with E-state index in [2.05, 4.69) is 27.0 Å². The molecular formula is C10H18O4. The number of carboxylic acids is 2. The van der Waals surface area contributed by atoms with Crippen LogP contribution in [0, 0.1) is 0 Å². The Morgan fingerprint density at radius 3 is 1.43 bits per heavy atom. The number of carboxylic acid groups (broad SMARTS) is 2. The summed E-state index contributed by atoms with van der Waals surface area (Å²) in [5.74, 6) is -1.92. The largest absolute Gasteiger partial charge is 0.478 e. The van der Waals surface area contributed by atoms with Gasteiger partial charge in [-0.1, -0.05) is 33.4 Å². The molecule has 0 aromatic heterocycles. The standard InChI is InChI=1S/C4H6O2.C3H4O2.C3H8/c1-3(2)4(5)6;1-2-3(4)5;1-3-2/h1H2,2H3,(H,5,6);2H,1H2,(H,4,5);3H2,1-2H3. The maximum absolute atomic E-state index is 9.60. The van der Waals surface area contributed by atoms with Crippen molar-refractivity contribution in [3.63, 3.8) is 0 Å². The summed E-state index contributed by atoms with van der Waals surface area (Å²) in [5, 5.41) is 15.5. The van der Waals surface area contributed by atoms with Gasteiger partial charge in [0.2, 0.25) is 0 Å². The Morgan fingerprint density at radius 1 is 1.29 bits per heavy atom. The predicted molar refractivity (Wildman–Crippen MR) is 56.2 cm³/mol. The molecule has 0 unspecified atom stereocenters. The maximum atomic E-state index is 9.60. The number of hydrogen-bond donors (Lipinski definition) is 2. The van der Waals surface area contributed by atoms with E-state index in [9.17, 15) is 9.59 Å². The number of carbonyl (C=O) groups is 2. The lowest BCUT2D eigenvalue weighted by atomic mass is 10.4. The van der Waals surface area contributed by atoms with Gasteiger partial charge in [-0.05, 0) is 6.92 Å². The molecular weight excluding hydrogens is 184 g/mol. The molecule has 2 N–H and O–H groups in total. The van der Waals surface area contributed by atoms with Crippen LogP contribution in [0.1, 0.15) is 27.2 Å². The van der Waals surface area contributed by atoms with Gasteiger partial charge in [0.1, 0.15) is 0 Å². The Hall–Kier alpha value is -1.58. The van der Waals surface area contributed by atoms with Gasteiger partial charge in [0, 0.05) is 11.6 Å². The molecule has 82 valence electrons. The second-order valence-corrected chi connectivity index (χ2v) is 2.33. The fourth-order valence-corrected chi connectivity index (χ4v) is 0. The van der Waals surface area contributed by atoms with Crippen LogP contribution in [0.15, 0.2) is 24.8 Å². The summed E-state index contributed by atoms with van der Waals surface area (Å²) >= 11 is 0. The minimum atomic E-state index is -0.981. The first kappa shape index (κ1) is 18.3. The summed E-state index contributed by atoms with van der Waals surface area (Å²) in [7, 11) is 0. The van der Waals surface area contributed by atoms with E-state index in [0.717, 1.165) is 6.08 Å². The summed E-state index contributed by atoms with van der Waals surface area (Å²) in [6.45, 7) is 11.8. The molecule has 0 aromatic carbocycles. The van der Waals surface area contributed by atoms with E-state index >= 15 is 0 Å². The molecule has 0 spiro atoms. The average molecular weight is 202 g/mol. The van der Waals surface area contributed by atoms with Crippen LogP contribution in [0.2, 0.25) is 0 Å². The van der Waals surface area contributed by atoms with Crippen LogP contribution in [-0.4, -0.2) is 22.2 Å². The second-order valence-electron chi connectivity index (χ2n) is 2.33. The van der Waals surface area contributed by atoms with Crippen LogP contribution in [0.3, 0.4) is 0 Å². The SMILES string of the molecule is C=C(C)C(=O)O.C=CC(=O)O.CCC. The first-order valence-electron chi connectivity index (χ1n) is 4.07. The molecule has 0 saturated heterocycles. The van der Waals surface area contributed by atoms with Gasteiger partial charge in [-0.3, -0.25) is 0 Å². The first-order valence-corrected chi connectivity index (χ1v) is 4.07. The van der Waals surface area contributed by atoms with Crippen LogP contribution >= 0.6 is 0 Å². The first-order chi connectivity index (χ1) is 6.33. The zero-order valence-electron chi connectivity index (χ0n) is 8.91. The van der Waals surface area contributed by atoms with Crippen molar-refractivity contribution in [2.45, 2.75) is 27.2 Å². The van der Waals surface area contributed by atoms with Crippen molar-refractivity contribution in [3.8, 4) is 0 Å². The van der Waals surface area contributed by atoms with Gasteiger partial charge in [0.15, 0.2) is 0 Å². The van der Waals surface area contributed by atoms with Crippen LogP contribution in [0.25, 0.3) is 0 Å². The highest BCUT2D eigenvalue weighted by Crippen LogP contribution is 1.81. The molecule has 0 saturated carbocycles. The molecule has 0 heterocycles. The summed E-state index contributed by atoms with van der Waals surface area (Å²) in [5.41, 5.74) is 0.176. The van der Waals surface area contributed by atoms with Crippen molar-refractivity contribution < 1.29 is 19.8 Å². The number of rotatable bonds is 2. The molecule has 4 nitrogen and oxygen atoms in total. The smallest absolute Gasteiger partial charge is 0.330 e. The minimum absolute atomic E-state index is 0.176. The van der Waals surface area contributed by atoms with Gasteiger partial charge in [-0.15, -0.1) is 0 Å². The molecule has 0 aliphatic rings. The van der Waals surface area contributed by atoms with Crippen LogP contribution in [-0.2, 0) is 9.59 Å². The van der Waals surface area contributed by atoms with E-state index in [1.807, 2.05) is 0 Å². The molecule has 0 radical (unpaired) electrons. The highest BCUT2D eigenvalue weighted by Gasteiger charge is 1.90. The third-order valence-electron chi connectivity index (χ3n) is 0.540. The van der Waals surface area contributed by atoms with Crippen LogP contribution in [0.5, 0.6) is 0 Å². The number of aliphatic carboxylic acids is 2. The summed E-state index contributed by atoms with van der Waals surface area (Å²) in [6.07, 6.45) is 2.08. The predicted octanol–water partition coefficient (Wildman–Crippen LogP) is 2.32. The Balaban J connectivity index is -0.000000138. The normalized spacial score (nSPS) is 6.79. The average Bonchev–Trinajstić information content (AvgIpc) is 2.06. The fourth-order valence-electron chi connectivity index (χ4n) is 0.